The van der Waals surface area contributed by atoms with Crippen LogP contribution in [0, 0.1) is 0 Å². The van der Waals surface area contributed by atoms with Crippen molar-refractivity contribution in [3.8, 4) is 0 Å². The Kier molecular flexibility index (Phi) is 9.38. The molecule has 5 heteroatoms. The molecular formula is C19H30O4Si. The summed E-state index contributed by atoms with van der Waals surface area (Å²) in [5.74, 6) is -0.340. The zero-order valence-corrected chi connectivity index (χ0v) is 16.2. The third-order valence-corrected chi connectivity index (χ3v) is 10.00. The third kappa shape index (κ3) is 6.47. The molecule has 0 atom stereocenters. The smallest absolute Gasteiger partial charge is 0.305 e. The minimum Gasteiger partial charge on any atom is -0.469 e. The lowest BCUT2D eigenvalue weighted by Gasteiger charge is -2.32. The first kappa shape index (κ1) is 20.4. The fourth-order valence-corrected chi connectivity index (χ4v) is 8.01. The second-order valence-electron chi connectivity index (χ2n) is 6.26. The minimum absolute atomic E-state index is 0.170. The van der Waals surface area contributed by atoms with E-state index in [-0.39, 0.29) is 11.9 Å². The van der Waals surface area contributed by atoms with Gasteiger partial charge in [0.15, 0.2) is 0 Å². The van der Waals surface area contributed by atoms with Crippen LogP contribution in [-0.4, -0.2) is 34.2 Å². The van der Waals surface area contributed by atoms with E-state index in [1.165, 1.54) is 25.8 Å². The molecule has 1 aromatic rings. The summed E-state index contributed by atoms with van der Waals surface area (Å²) in [5, 5.41) is 1.33. The zero-order chi connectivity index (χ0) is 17.8. The van der Waals surface area contributed by atoms with Crippen LogP contribution in [0.25, 0.3) is 0 Å². The Labute approximate surface area is 146 Å². The molecule has 0 bridgehead atoms. The third-order valence-electron chi connectivity index (χ3n) is 4.72. The van der Waals surface area contributed by atoms with Gasteiger partial charge in [-0.1, -0.05) is 67.7 Å². The SMILES string of the molecule is CCCCC[Si](CCC(=O)OC)(CCC(=O)OC)c1ccccc1. The van der Waals surface area contributed by atoms with Gasteiger partial charge in [-0.05, 0) is 12.1 Å². The molecule has 4 nitrogen and oxygen atoms in total. The molecule has 0 saturated heterocycles. The molecule has 0 heterocycles. The Morgan fingerprint density at radius 2 is 1.42 bits per heavy atom. The molecule has 0 radical (unpaired) electrons. The summed E-state index contributed by atoms with van der Waals surface area (Å²) in [6, 6.07) is 13.2. The molecule has 0 spiro atoms. The number of ether oxygens (including phenoxy) is 2. The summed E-state index contributed by atoms with van der Waals surface area (Å²) in [4.78, 5) is 23.4. The number of benzene rings is 1. The lowest BCUT2D eigenvalue weighted by molar-refractivity contribution is -0.140. The molecule has 134 valence electrons. The van der Waals surface area contributed by atoms with Gasteiger partial charge in [-0.3, -0.25) is 9.59 Å². The van der Waals surface area contributed by atoms with Crippen molar-refractivity contribution >= 4 is 25.2 Å². The van der Waals surface area contributed by atoms with E-state index in [2.05, 4.69) is 19.1 Å². The van der Waals surface area contributed by atoms with Crippen LogP contribution in [0.3, 0.4) is 0 Å². The standard InChI is InChI=1S/C19H30O4Si/c1-4-5-9-14-24(15-12-18(20)22-2,16-13-19(21)23-3)17-10-7-6-8-11-17/h6-8,10-11H,4-5,9,12-16H2,1-3H3. The van der Waals surface area contributed by atoms with Crippen molar-refractivity contribution in [3.05, 3.63) is 30.3 Å². The highest BCUT2D eigenvalue weighted by Gasteiger charge is 2.35. The average molecular weight is 351 g/mol. The Hall–Kier alpha value is -1.62. The molecule has 0 fully saturated rings. The van der Waals surface area contributed by atoms with Crippen molar-refractivity contribution in [1.82, 2.24) is 0 Å². The van der Waals surface area contributed by atoms with Gasteiger partial charge in [0.2, 0.25) is 0 Å². The topological polar surface area (TPSA) is 52.6 Å². The predicted molar refractivity (Wildman–Crippen MR) is 99.0 cm³/mol. The van der Waals surface area contributed by atoms with Gasteiger partial charge < -0.3 is 9.47 Å². The normalized spacial score (nSPS) is 11.1. The van der Waals surface area contributed by atoms with Gasteiger partial charge in [-0.15, -0.1) is 0 Å². The van der Waals surface area contributed by atoms with Crippen LogP contribution >= 0.6 is 0 Å². The predicted octanol–water partition coefficient (Wildman–Crippen LogP) is 3.66. The van der Waals surface area contributed by atoms with E-state index in [1.807, 2.05) is 18.2 Å². The average Bonchev–Trinajstić information content (AvgIpc) is 2.63. The maximum absolute atomic E-state index is 11.7. The summed E-state index contributed by atoms with van der Waals surface area (Å²) in [6.07, 6.45) is 4.32. The highest BCUT2D eigenvalue weighted by molar-refractivity contribution is 6.92. The number of esters is 2. The van der Waals surface area contributed by atoms with Crippen molar-refractivity contribution in [2.45, 2.75) is 57.2 Å². The lowest BCUT2D eigenvalue weighted by atomic mass is 10.3. The first-order chi connectivity index (χ1) is 11.6. The summed E-state index contributed by atoms with van der Waals surface area (Å²) in [6.45, 7) is 2.19. The molecule has 0 N–H and O–H groups in total. The van der Waals surface area contributed by atoms with Gasteiger partial charge >= 0.3 is 11.9 Å². The first-order valence-electron chi connectivity index (χ1n) is 8.77. The van der Waals surface area contributed by atoms with Gasteiger partial charge in [-0.2, -0.15) is 0 Å². The largest absolute Gasteiger partial charge is 0.469 e. The van der Waals surface area contributed by atoms with Crippen LogP contribution in [0.4, 0.5) is 0 Å². The highest BCUT2D eigenvalue weighted by atomic mass is 28.3. The highest BCUT2D eigenvalue weighted by Crippen LogP contribution is 2.28. The van der Waals surface area contributed by atoms with Crippen molar-refractivity contribution in [2.75, 3.05) is 14.2 Å². The summed E-state index contributed by atoms with van der Waals surface area (Å²) < 4.78 is 9.69. The monoisotopic (exact) mass is 350 g/mol. The van der Waals surface area contributed by atoms with E-state index in [0.29, 0.717) is 12.8 Å². The van der Waals surface area contributed by atoms with E-state index in [0.717, 1.165) is 31.0 Å². The molecule has 0 aliphatic carbocycles. The zero-order valence-electron chi connectivity index (χ0n) is 15.2. The van der Waals surface area contributed by atoms with Crippen molar-refractivity contribution in [2.24, 2.45) is 0 Å². The second kappa shape index (κ2) is 11.0. The van der Waals surface area contributed by atoms with Crippen LogP contribution in [0.5, 0.6) is 0 Å². The summed E-state index contributed by atoms with van der Waals surface area (Å²) in [7, 11) is 0.892. The first-order valence-corrected chi connectivity index (χ1v) is 11.4. The van der Waals surface area contributed by atoms with E-state index in [1.54, 1.807) is 0 Å². The molecule has 1 aromatic carbocycles. The number of unbranched alkanes of at least 4 members (excludes halogenated alkanes) is 2. The summed E-state index contributed by atoms with van der Waals surface area (Å²) >= 11 is 0. The Bertz CT molecular complexity index is 481. The quantitative estimate of drug-likeness (QED) is 0.347. The molecule has 0 aliphatic heterocycles. The van der Waals surface area contributed by atoms with Crippen molar-refractivity contribution < 1.29 is 19.1 Å². The molecule has 24 heavy (non-hydrogen) atoms. The van der Waals surface area contributed by atoms with Gasteiger partial charge in [0.1, 0.15) is 0 Å². The Balaban J connectivity index is 3.04. The molecule has 0 amide bonds. The number of rotatable bonds is 11. The maximum Gasteiger partial charge on any atom is 0.305 e. The molecule has 0 aromatic heterocycles. The molecule has 0 saturated carbocycles. The van der Waals surface area contributed by atoms with E-state index in [4.69, 9.17) is 9.47 Å². The van der Waals surface area contributed by atoms with E-state index >= 15 is 0 Å². The number of carbonyl (C=O) groups is 2. The fraction of sp³-hybridized carbons (Fsp3) is 0.579. The Morgan fingerprint density at radius 1 is 0.875 bits per heavy atom. The second-order valence-corrected chi connectivity index (χ2v) is 10.9. The minimum atomic E-state index is -1.97. The van der Waals surface area contributed by atoms with Gasteiger partial charge in [0, 0.05) is 12.8 Å². The number of carbonyl (C=O) groups excluding carboxylic acids is 2. The Morgan fingerprint density at radius 3 is 1.88 bits per heavy atom. The molecule has 1 rings (SSSR count). The number of hydrogen-bond acceptors (Lipinski definition) is 4. The van der Waals surface area contributed by atoms with Crippen LogP contribution in [0.2, 0.25) is 18.1 Å². The fourth-order valence-electron chi connectivity index (χ4n) is 3.20. The number of methoxy groups -OCH3 is 2. The van der Waals surface area contributed by atoms with Crippen LogP contribution < -0.4 is 5.19 Å². The maximum atomic E-state index is 11.7. The van der Waals surface area contributed by atoms with Crippen LogP contribution in [-0.2, 0) is 19.1 Å². The van der Waals surface area contributed by atoms with Gasteiger partial charge in [0.05, 0.1) is 22.3 Å². The van der Waals surface area contributed by atoms with Gasteiger partial charge in [0.25, 0.3) is 0 Å². The lowest BCUT2D eigenvalue weighted by Crippen LogP contribution is -2.48. The molecule has 0 aliphatic rings. The van der Waals surface area contributed by atoms with Crippen LogP contribution in [0.15, 0.2) is 30.3 Å². The molecular weight excluding hydrogens is 320 g/mol. The van der Waals surface area contributed by atoms with Crippen LogP contribution in [0.1, 0.15) is 39.0 Å². The summed E-state index contributed by atoms with van der Waals surface area (Å²) in [5.41, 5.74) is 0. The molecule has 0 unspecified atom stereocenters. The van der Waals surface area contributed by atoms with Crippen molar-refractivity contribution in [3.63, 3.8) is 0 Å². The van der Waals surface area contributed by atoms with E-state index < -0.39 is 8.07 Å². The van der Waals surface area contributed by atoms with E-state index in [9.17, 15) is 9.59 Å². The van der Waals surface area contributed by atoms with Gasteiger partial charge in [-0.25, -0.2) is 0 Å². The van der Waals surface area contributed by atoms with Crippen molar-refractivity contribution in [1.29, 1.82) is 0 Å². The number of hydrogen-bond donors (Lipinski definition) is 0.